The maximum Gasteiger partial charge on any atom is 0.169 e. The third-order valence-corrected chi connectivity index (χ3v) is 3.04. The SMILES string of the molecule is Cc1ccccc1C(=O)Cc1ccc(Br)cn1. The minimum atomic E-state index is 0.109. The highest BCUT2D eigenvalue weighted by Crippen LogP contribution is 2.12. The minimum absolute atomic E-state index is 0.109. The molecule has 0 radical (unpaired) electrons. The van der Waals surface area contributed by atoms with E-state index >= 15 is 0 Å². The van der Waals surface area contributed by atoms with Gasteiger partial charge in [-0.1, -0.05) is 24.3 Å². The topological polar surface area (TPSA) is 30.0 Å². The zero-order valence-electron chi connectivity index (χ0n) is 9.48. The fourth-order valence-corrected chi connectivity index (χ4v) is 1.89. The van der Waals surface area contributed by atoms with Gasteiger partial charge in [-0.15, -0.1) is 0 Å². The van der Waals surface area contributed by atoms with Gasteiger partial charge in [0.25, 0.3) is 0 Å². The van der Waals surface area contributed by atoms with Crippen LogP contribution in [0.2, 0.25) is 0 Å². The van der Waals surface area contributed by atoms with Crippen LogP contribution in [-0.2, 0) is 6.42 Å². The first-order valence-corrected chi connectivity index (χ1v) is 6.15. The van der Waals surface area contributed by atoms with Crippen LogP contribution in [0.5, 0.6) is 0 Å². The summed E-state index contributed by atoms with van der Waals surface area (Å²) in [5, 5.41) is 0. The van der Waals surface area contributed by atoms with Gasteiger partial charge in [-0.25, -0.2) is 0 Å². The van der Waals surface area contributed by atoms with Gasteiger partial charge < -0.3 is 0 Å². The minimum Gasteiger partial charge on any atom is -0.294 e. The molecular formula is C14H12BrNO. The zero-order chi connectivity index (χ0) is 12.3. The maximum atomic E-state index is 12.1. The van der Waals surface area contributed by atoms with Crippen LogP contribution in [0.25, 0.3) is 0 Å². The van der Waals surface area contributed by atoms with E-state index in [9.17, 15) is 4.79 Å². The van der Waals surface area contributed by atoms with E-state index in [4.69, 9.17) is 0 Å². The molecule has 17 heavy (non-hydrogen) atoms. The van der Waals surface area contributed by atoms with E-state index in [1.54, 1.807) is 6.20 Å². The van der Waals surface area contributed by atoms with Crippen molar-refractivity contribution in [3.63, 3.8) is 0 Å². The summed E-state index contributed by atoms with van der Waals surface area (Å²) >= 11 is 3.32. The molecule has 0 saturated heterocycles. The molecule has 1 aromatic heterocycles. The first-order chi connectivity index (χ1) is 8.16. The highest BCUT2D eigenvalue weighted by Gasteiger charge is 2.09. The number of aromatic nitrogens is 1. The summed E-state index contributed by atoms with van der Waals surface area (Å²) in [4.78, 5) is 16.3. The van der Waals surface area contributed by atoms with Crippen molar-refractivity contribution in [2.45, 2.75) is 13.3 Å². The number of carbonyl (C=O) groups is 1. The van der Waals surface area contributed by atoms with Gasteiger partial charge in [-0.05, 0) is 40.5 Å². The van der Waals surface area contributed by atoms with Crippen LogP contribution in [-0.4, -0.2) is 10.8 Å². The van der Waals surface area contributed by atoms with E-state index in [0.29, 0.717) is 6.42 Å². The highest BCUT2D eigenvalue weighted by atomic mass is 79.9. The number of pyridine rings is 1. The highest BCUT2D eigenvalue weighted by molar-refractivity contribution is 9.10. The normalized spacial score (nSPS) is 10.2. The lowest BCUT2D eigenvalue weighted by Gasteiger charge is -2.04. The monoisotopic (exact) mass is 289 g/mol. The van der Waals surface area contributed by atoms with Gasteiger partial charge >= 0.3 is 0 Å². The Labute approximate surface area is 109 Å². The summed E-state index contributed by atoms with van der Waals surface area (Å²) in [5.74, 6) is 0.109. The predicted molar refractivity (Wildman–Crippen MR) is 71.2 cm³/mol. The van der Waals surface area contributed by atoms with Crippen molar-refractivity contribution in [2.75, 3.05) is 0 Å². The molecule has 2 nitrogen and oxygen atoms in total. The van der Waals surface area contributed by atoms with Crippen molar-refractivity contribution < 1.29 is 4.79 Å². The van der Waals surface area contributed by atoms with Crippen LogP contribution in [0, 0.1) is 6.92 Å². The van der Waals surface area contributed by atoms with Gasteiger partial charge in [0.15, 0.2) is 5.78 Å². The number of halogens is 1. The van der Waals surface area contributed by atoms with Gasteiger partial charge in [0, 0.05) is 21.9 Å². The van der Waals surface area contributed by atoms with Crippen molar-refractivity contribution in [1.82, 2.24) is 4.98 Å². The Morgan fingerprint density at radius 1 is 1.24 bits per heavy atom. The Balaban J connectivity index is 2.17. The number of nitrogens with zero attached hydrogens (tertiary/aromatic N) is 1. The van der Waals surface area contributed by atoms with E-state index in [-0.39, 0.29) is 5.78 Å². The number of hydrogen-bond acceptors (Lipinski definition) is 2. The summed E-state index contributed by atoms with van der Waals surface area (Å²) in [6, 6.07) is 11.4. The van der Waals surface area contributed by atoms with Crippen molar-refractivity contribution in [3.8, 4) is 0 Å². The second kappa shape index (κ2) is 5.23. The van der Waals surface area contributed by atoms with Crippen LogP contribution < -0.4 is 0 Å². The summed E-state index contributed by atoms with van der Waals surface area (Å²) in [6.07, 6.45) is 2.05. The first-order valence-electron chi connectivity index (χ1n) is 5.36. The van der Waals surface area contributed by atoms with Gasteiger partial charge in [0.05, 0.1) is 6.42 Å². The fraction of sp³-hybridized carbons (Fsp3) is 0.143. The van der Waals surface area contributed by atoms with E-state index in [1.807, 2.05) is 43.3 Å². The Hall–Kier alpha value is -1.48. The Morgan fingerprint density at radius 3 is 2.65 bits per heavy atom. The number of ketones is 1. The number of carbonyl (C=O) groups excluding carboxylic acids is 1. The lowest BCUT2D eigenvalue weighted by molar-refractivity contribution is 0.0991. The average molecular weight is 290 g/mol. The van der Waals surface area contributed by atoms with Crippen LogP contribution in [0.1, 0.15) is 21.6 Å². The lowest BCUT2D eigenvalue weighted by atomic mass is 10.0. The van der Waals surface area contributed by atoms with Gasteiger partial charge in [-0.2, -0.15) is 0 Å². The van der Waals surface area contributed by atoms with Crippen LogP contribution in [0.3, 0.4) is 0 Å². The van der Waals surface area contributed by atoms with E-state index < -0.39 is 0 Å². The maximum absolute atomic E-state index is 12.1. The summed E-state index contributed by atoms with van der Waals surface area (Å²) in [5.41, 5.74) is 2.58. The number of hydrogen-bond donors (Lipinski definition) is 0. The van der Waals surface area contributed by atoms with Crippen molar-refractivity contribution in [1.29, 1.82) is 0 Å². The largest absolute Gasteiger partial charge is 0.294 e. The molecule has 0 aliphatic heterocycles. The Morgan fingerprint density at radius 2 is 2.00 bits per heavy atom. The standard InChI is InChI=1S/C14H12BrNO/c1-10-4-2-3-5-13(10)14(17)8-12-7-6-11(15)9-16-12/h2-7,9H,8H2,1H3. The second-order valence-electron chi connectivity index (χ2n) is 3.88. The van der Waals surface area contributed by atoms with Crippen molar-refractivity contribution in [2.24, 2.45) is 0 Å². The molecule has 0 bridgehead atoms. The molecule has 1 heterocycles. The van der Waals surface area contributed by atoms with E-state index in [1.165, 1.54) is 0 Å². The quantitative estimate of drug-likeness (QED) is 0.809. The van der Waals surface area contributed by atoms with Gasteiger partial charge in [0.1, 0.15) is 0 Å². The van der Waals surface area contributed by atoms with Gasteiger partial charge in [0.2, 0.25) is 0 Å². The molecule has 0 spiro atoms. The first kappa shape index (κ1) is 12.0. The predicted octanol–water partition coefficient (Wildman–Crippen LogP) is 3.58. The molecule has 0 aliphatic rings. The molecule has 3 heteroatoms. The second-order valence-corrected chi connectivity index (χ2v) is 4.80. The summed E-state index contributed by atoms with van der Waals surface area (Å²) in [6.45, 7) is 1.95. The summed E-state index contributed by atoms with van der Waals surface area (Å²) < 4.78 is 0.921. The lowest BCUT2D eigenvalue weighted by Crippen LogP contribution is -2.06. The van der Waals surface area contributed by atoms with E-state index in [2.05, 4.69) is 20.9 Å². The molecule has 1 aromatic carbocycles. The zero-order valence-corrected chi connectivity index (χ0v) is 11.1. The number of rotatable bonds is 3. The molecule has 2 rings (SSSR count). The molecule has 2 aromatic rings. The van der Waals surface area contributed by atoms with Crippen molar-refractivity contribution >= 4 is 21.7 Å². The molecule has 0 atom stereocenters. The molecule has 0 aliphatic carbocycles. The number of benzene rings is 1. The molecule has 0 saturated carbocycles. The van der Waals surface area contributed by atoms with Crippen LogP contribution in [0.4, 0.5) is 0 Å². The Kier molecular flexibility index (Phi) is 3.69. The molecule has 0 amide bonds. The third kappa shape index (κ3) is 3.01. The summed E-state index contributed by atoms with van der Waals surface area (Å²) in [7, 11) is 0. The third-order valence-electron chi connectivity index (χ3n) is 2.58. The number of aryl methyl sites for hydroxylation is 1. The molecule has 0 fully saturated rings. The van der Waals surface area contributed by atoms with E-state index in [0.717, 1.165) is 21.3 Å². The molecule has 86 valence electrons. The average Bonchev–Trinajstić information content (AvgIpc) is 2.32. The fourth-order valence-electron chi connectivity index (χ4n) is 1.66. The molecule has 0 unspecified atom stereocenters. The van der Waals surface area contributed by atoms with Crippen molar-refractivity contribution in [3.05, 3.63) is 63.9 Å². The van der Waals surface area contributed by atoms with Gasteiger partial charge in [-0.3, -0.25) is 9.78 Å². The molecular weight excluding hydrogens is 278 g/mol. The van der Waals surface area contributed by atoms with Crippen LogP contribution >= 0.6 is 15.9 Å². The number of Topliss-reactive ketones (excluding diaryl/α,β-unsaturated/α-hetero) is 1. The Bertz CT molecular complexity index is 534. The van der Waals surface area contributed by atoms with Crippen LogP contribution in [0.15, 0.2) is 47.1 Å². The smallest absolute Gasteiger partial charge is 0.169 e. The molecule has 0 N–H and O–H groups in total.